The Hall–Kier alpha value is -2.36. The largest absolute Gasteiger partial charge is 0.456 e. The lowest BCUT2D eigenvalue weighted by atomic mass is 10.2. The molecule has 4 aromatic rings. The maximum Gasteiger partial charge on any atom is 0.173 e. The number of carbonyl (C=O) groups excluding carboxylic acids is 1. The van der Waals surface area contributed by atoms with Crippen LogP contribution in [0.5, 0.6) is 5.75 Å². The van der Waals surface area contributed by atoms with Crippen LogP contribution in [0, 0.1) is 0 Å². The molecule has 50 heavy (non-hydrogen) atoms. The molecule has 0 saturated carbocycles. The van der Waals surface area contributed by atoms with Gasteiger partial charge >= 0.3 is 0 Å². The first kappa shape index (κ1) is 42.1. The molecule has 4 rings (SSSR count). The summed E-state index contributed by atoms with van der Waals surface area (Å²) in [4.78, 5) is 18.7. The summed E-state index contributed by atoms with van der Waals surface area (Å²) in [5, 5.41) is 0. The number of benzene rings is 4. The summed E-state index contributed by atoms with van der Waals surface area (Å²) in [6.45, 7) is 25.1. The fraction of sp³-hybridized carbons (Fsp3) is 0.359. The van der Waals surface area contributed by atoms with Gasteiger partial charge < -0.3 is 17.9 Å². The third-order valence-corrected chi connectivity index (χ3v) is 21.7. The summed E-state index contributed by atoms with van der Waals surface area (Å²) in [6.07, 6.45) is 2.17. The van der Waals surface area contributed by atoms with E-state index in [-0.39, 0.29) is 0 Å². The normalized spacial score (nSPS) is 12.2. The van der Waals surface area contributed by atoms with Gasteiger partial charge in [-0.05, 0) is 174 Å². The number of carbonyl (C=O) groups is 1. The monoisotopic (exact) mass is 779 g/mol. The lowest BCUT2D eigenvalue weighted by Gasteiger charge is -2.31. The van der Waals surface area contributed by atoms with E-state index < -0.39 is 33.3 Å². The van der Waals surface area contributed by atoms with Crippen molar-refractivity contribution in [3.8, 4) is 5.75 Å². The summed E-state index contributed by atoms with van der Waals surface area (Å²) >= 11 is 3.54. The van der Waals surface area contributed by atoms with Crippen LogP contribution in [-0.2, 0) is 25.9 Å². The summed E-state index contributed by atoms with van der Waals surface area (Å²) in [6, 6.07) is 36.9. The maximum absolute atomic E-state index is 8.00. The number of anilines is 1. The number of hydrogen-bond donors (Lipinski definition) is 1. The third kappa shape index (κ3) is 16.3. The molecule has 270 valence electrons. The highest BCUT2D eigenvalue weighted by Crippen LogP contribution is 2.32. The van der Waals surface area contributed by atoms with Crippen molar-refractivity contribution in [3.63, 3.8) is 0 Å². The van der Waals surface area contributed by atoms with Crippen LogP contribution >= 0.6 is 23.5 Å². The van der Waals surface area contributed by atoms with Crippen molar-refractivity contribution in [1.29, 1.82) is 0 Å². The van der Waals surface area contributed by atoms with Crippen LogP contribution in [0.2, 0.25) is 77.6 Å². The van der Waals surface area contributed by atoms with Crippen molar-refractivity contribution in [2.24, 2.45) is 0 Å². The SMILES string of the molecule is C=O.C[Si](C)(C)O[Si](C)(C)CCc1ccc(Sc2ccc(NOc3ccc(Sc4ccc(CC[Si](C)(C)O[Si](C)(C)C)cc4)cc3)cc2)cc1. The smallest absolute Gasteiger partial charge is 0.173 e. The molecule has 0 bridgehead atoms. The van der Waals surface area contributed by atoms with Crippen LogP contribution in [0.3, 0.4) is 0 Å². The van der Waals surface area contributed by atoms with Gasteiger partial charge in [-0.1, -0.05) is 47.8 Å². The molecule has 0 unspecified atom stereocenters. The zero-order chi connectivity index (χ0) is 37.0. The Kier molecular flexibility index (Phi) is 15.9. The molecule has 5 nitrogen and oxygen atoms in total. The lowest BCUT2D eigenvalue weighted by Crippen LogP contribution is -2.42. The average Bonchev–Trinajstić information content (AvgIpc) is 3.03. The zero-order valence-corrected chi connectivity index (χ0v) is 37.4. The van der Waals surface area contributed by atoms with Gasteiger partial charge in [0.15, 0.2) is 39.0 Å². The molecule has 0 radical (unpaired) electrons. The second-order valence-corrected chi connectivity index (χ2v) is 36.1. The molecule has 4 aromatic carbocycles. The van der Waals surface area contributed by atoms with Gasteiger partial charge in [0, 0.05) is 19.6 Å². The molecule has 11 heteroatoms. The molecule has 0 heterocycles. The Bertz CT molecular complexity index is 1470. The molecular weight excluding hydrogens is 723 g/mol. The standard InChI is InChI=1S/C38H55NO3S2Si4.CH2O/c1-45(2,3)41-47(7,8)29-27-31-11-19-35(20-12-31)43-37-23-15-33(16-24-37)39-40-34-17-25-38(26-18-34)44-36-21-13-32(14-22-36)28-30-48(9,10)42-46(4,5)6;1-2/h11-26,39H,27-30H2,1-10H3;1H2. The van der Waals surface area contributed by atoms with Gasteiger partial charge in [0.1, 0.15) is 6.79 Å². The van der Waals surface area contributed by atoms with Crippen LogP contribution in [0.1, 0.15) is 11.1 Å². The minimum atomic E-state index is -1.62. The number of aryl methyl sites for hydroxylation is 2. The number of nitrogens with one attached hydrogen (secondary N) is 1. The van der Waals surface area contributed by atoms with Crippen molar-refractivity contribution in [1.82, 2.24) is 0 Å². The summed E-state index contributed by atoms with van der Waals surface area (Å²) in [5.74, 6) is 0.777. The van der Waals surface area contributed by atoms with Crippen LogP contribution in [0.15, 0.2) is 117 Å². The van der Waals surface area contributed by atoms with E-state index in [9.17, 15) is 0 Å². The Morgan fingerprint density at radius 2 is 0.820 bits per heavy atom. The molecule has 1 N–H and O–H groups in total. The van der Waals surface area contributed by atoms with Gasteiger partial charge in [0.2, 0.25) is 0 Å². The van der Waals surface area contributed by atoms with Gasteiger partial charge in [-0.25, -0.2) is 5.48 Å². The molecule has 0 saturated heterocycles. The minimum absolute atomic E-state index is 0.777. The fourth-order valence-electron chi connectivity index (χ4n) is 5.66. The first-order valence-corrected chi connectivity index (χ1v) is 32.0. The van der Waals surface area contributed by atoms with E-state index in [4.69, 9.17) is 17.9 Å². The van der Waals surface area contributed by atoms with Crippen LogP contribution < -0.4 is 10.3 Å². The Morgan fingerprint density at radius 1 is 0.500 bits per heavy atom. The first-order valence-electron chi connectivity index (χ1n) is 17.3. The molecule has 0 aliphatic heterocycles. The molecule has 0 spiro atoms. The second-order valence-electron chi connectivity index (χ2n) is 15.6. The quantitative estimate of drug-likeness (QED) is 0.0846. The highest BCUT2D eigenvalue weighted by atomic mass is 32.2. The second kappa shape index (κ2) is 18.9. The van der Waals surface area contributed by atoms with E-state index in [1.165, 1.54) is 30.7 Å². The predicted octanol–water partition coefficient (Wildman–Crippen LogP) is 12.4. The Balaban J connectivity index is 0.00000332. The summed E-state index contributed by atoms with van der Waals surface area (Å²) < 4.78 is 13.0. The number of hydrogen-bond acceptors (Lipinski definition) is 7. The van der Waals surface area contributed by atoms with E-state index in [0.717, 1.165) is 36.4 Å². The van der Waals surface area contributed by atoms with Crippen LogP contribution in [0.25, 0.3) is 0 Å². The fourth-order valence-corrected chi connectivity index (χ4v) is 23.1. The van der Waals surface area contributed by atoms with Crippen molar-refractivity contribution in [3.05, 3.63) is 108 Å². The van der Waals surface area contributed by atoms with Gasteiger partial charge in [0.25, 0.3) is 0 Å². The average molecular weight is 780 g/mol. The molecule has 0 amide bonds. The molecule has 0 aliphatic rings. The third-order valence-electron chi connectivity index (χ3n) is 7.48. The zero-order valence-electron chi connectivity index (χ0n) is 31.7. The van der Waals surface area contributed by atoms with Gasteiger partial charge in [-0.2, -0.15) is 0 Å². The van der Waals surface area contributed by atoms with Crippen molar-refractivity contribution >= 4 is 69.3 Å². The molecule has 0 aliphatic carbocycles. The molecular formula is C39H57NO4S2Si4. The maximum atomic E-state index is 8.00. The molecule has 0 fully saturated rings. The summed E-state index contributed by atoms with van der Waals surface area (Å²) in [5.41, 5.74) is 6.77. The lowest BCUT2D eigenvalue weighted by molar-refractivity contribution is -0.0980. The van der Waals surface area contributed by atoms with E-state index in [1.807, 2.05) is 18.9 Å². The topological polar surface area (TPSA) is 56.8 Å². The van der Waals surface area contributed by atoms with E-state index in [0.29, 0.717) is 0 Å². The number of rotatable bonds is 17. The molecule has 0 atom stereocenters. The van der Waals surface area contributed by atoms with Gasteiger partial charge in [-0.15, -0.1) is 0 Å². The Labute approximate surface area is 314 Å². The van der Waals surface area contributed by atoms with Crippen LogP contribution in [0.4, 0.5) is 5.69 Å². The van der Waals surface area contributed by atoms with Crippen molar-refractivity contribution in [2.45, 2.75) is 110 Å². The minimum Gasteiger partial charge on any atom is -0.456 e. The van der Waals surface area contributed by atoms with Crippen molar-refractivity contribution in [2.75, 3.05) is 5.48 Å². The van der Waals surface area contributed by atoms with Crippen molar-refractivity contribution < 1.29 is 17.9 Å². The van der Waals surface area contributed by atoms with Gasteiger partial charge in [-0.3, -0.25) is 0 Å². The van der Waals surface area contributed by atoms with E-state index in [2.05, 4.69) is 156 Å². The Morgan fingerprint density at radius 3 is 1.16 bits per heavy atom. The highest BCUT2D eigenvalue weighted by Gasteiger charge is 2.30. The molecule has 0 aromatic heterocycles. The van der Waals surface area contributed by atoms with Crippen LogP contribution in [-0.4, -0.2) is 40.1 Å². The van der Waals surface area contributed by atoms with Gasteiger partial charge in [0.05, 0.1) is 5.69 Å². The summed E-state index contributed by atoms with van der Waals surface area (Å²) in [7, 11) is -6.23. The van der Waals surface area contributed by atoms with E-state index in [1.54, 1.807) is 23.5 Å². The predicted molar refractivity (Wildman–Crippen MR) is 226 cm³/mol. The highest BCUT2D eigenvalue weighted by molar-refractivity contribution is 7.99. The van der Waals surface area contributed by atoms with E-state index >= 15 is 0 Å². The first-order chi connectivity index (χ1) is 23.4.